The van der Waals surface area contributed by atoms with Crippen molar-refractivity contribution in [2.24, 2.45) is 0 Å². The largest absolute Gasteiger partial charge is 0.508 e. The highest BCUT2D eigenvalue weighted by Crippen LogP contribution is 2.17. The van der Waals surface area contributed by atoms with Crippen molar-refractivity contribution in [1.82, 2.24) is 5.48 Å². The Hall–Kier alpha value is -1.91. The van der Waals surface area contributed by atoms with Crippen LogP contribution in [0.4, 0.5) is 4.39 Å². The molecule has 0 fully saturated rings. The van der Waals surface area contributed by atoms with E-state index in [1.54, 1.807) is 0 Å². The summed E-state index contributed by atoms with van der Waals surface area (Å²) in [6.45, 7) is 0.660. The molecule has 94 valence electrons. The maximum absolute atomic E-state index is 12.9. The Morgan fingerprint density at radius 3 is 2.67 bits per heavy atom. The van der Waals surface area contributed by atoms with Crippen molar-refractivity contribution in [3.05, 3.63) is 65.5 Å². The third-order valence-corrected chi connectivity index (χ3v) is 2.49. The van der Waals surface area contributed by atoms with E-state index in [0.29, 0.717) is 12.2 Å². The van der Waals surface area contributed by atoms with Crippen molar-refractivity contribution in [3.63, 3.8) is 0 Å². The Labute approximate surface area is 105 Å². The first-order valence-electron chi connectivity index (χ1n) is 5.61. The highest BCUT2D eigenvalue weighted by molar-refractivity contribution is 5.32. The zero-order valence-corrected chi connectivity index (χ0v) is 9.77. The molecule has 0 saturated carbocycles. The van der Waals surface area contributed by atoms with Gasteiger partial charge in [-0.25, -0.2) is 4.39 Å². The summed E-state index contributed by atoms with van der Waals surface area (Å²) in [7, 11) is 0. The van der Waals surface area contributed by atoms with Gasteiger partial charge in [-0.3, -0.25) is 4.84 Å². The maximum atomic E-state index is 12.9. The van der Waals surface area contributed by atoms with Crippen LogP contribution in [0, 0.1) is 5.82 Å². The SMILES string of the molecule is Oc1ccc(F)cc1CNOCc1ccccc1. The second kappa shape index (κ2) is 6.14. The molecule has 18 heavy (non-hydrogen) atoms. The van der Waals surface area contributed by atoms with Crippen molar-refractivity contribution in [3.8, 4) is 5.75 Å². The Kier molecular flexibility index (Phi) is 4.28. The number of phenolic OH excluding ortho intramolecular Hbond substituents is 1. The van der Waals surface area contributed by atoms with Gasteiger partial charge in [0.05, 0.1) is 6.61 Å². The predicted octanol–water partition coefficient (Wildman–Crippen LogP) is 2.75. The van der Waals surface area contributed by atoms with Crippen LogP contribution in [-0.2, 0) is 18.0 Å². The van der Waals surface area contributed by atoms with Crippen molar-refractivity contribution in [2.45, 2.75) is 13.2 Å². The summed E-state index contributed by atoms with van der Waals surface area (Å²) in [6.07, 6.45) is 0. The molecule has 0 bridgehead atoms. The van der Waals surface area contributed by atoms with Crippen LogP contribution >= 0.6 is 0 Å². The van der Waals surface area contributed by atoms with Crippen LogP contribution in [0.3, 0.4) is 0 Å². The average Bonchev–Trinajstić information content (AvgIpc) is 2.40. The molecule has 0 aliphatic carbocycles. The number of aromatic hydroxyl groups is 1. The van der Waals surface area contributed by atoms with Gasteiger partial charge in [-0.2, -0.15) is 5.48 Å². The second-order valence-corrected chi connectivity index (χ2v) is 3.87. The predicted molar refractivity (Wildman–Crippen MR) is 66.1 cm³/mol. The number of nitrogens with one attached hydrogen (secondary N) is 1. The first-order valence-corrected chi connectivity index (χ1v) is 5.61. The molecule has 0 radical (unpaired) electrons. The van der Waals surface area contributed by atoms with Gasteiger partial charge in [-0.1, -0.05) is 30.3 Å². The van der Waals surface area contributed by atoms with Crippen molar-refractivity contribution in [2.75, 3.05) is 0 Å². The molecular weight excluding hydrogens is 233 g/mol. The van der Waals surface area contributed by atoms with E-state index in [4.69, 9.17) is 4.84 Å². The molecule has 0 aliphatic rings. The third kappa shape index (κ3) is 3.55. The quantitative estimate of drug-likeness (QED) is 0.630. The summed E-state index contributed by atoms with van der Waals surface area (Å²) < 4.78 is 12.9. The molecule has 0 heterocycles. The molecule has 0 aliphatic heterocycles. The number of hydrogen-bond acceptors (Lipinski definition) is 3. The Balaban J connectivity index is 1.80. The molecular formula is C14H14FNO2. The molecule has 2 aromatic rings. The molecule has 0 unspecified atom stereocenters. The van der Waals surface area contributed by atoms with E-state index >= 15 is 0 Å². The van der Waals surface area contributed by atoms with Crippen LogP contribution < -0.4 is 5.48 Å². The lowest BCUT2D eigenvalue weighted by atomic mass is 10.2. The molecule has 4 heteroatoms. The molecule has 0 amide bonds. The van der Waals surface area contributed by atoms with Gasteiger partial charge < -0.3 is 5.11 Å². The fraction of sp³-hybridized carbons (Fsp3) is 0.143. The summed E-state index contributed by atoms with van der Waals surface area (Å²) >= 11 is 0. The standard InChI is InChI=1S/C14H14FNO2/c15-13-6-7-14(17)12(8-13)9-16-18-10-11-4-2-1-3-5-11/h1-8,16-17H,9-10H2. The summed E-state index contributed by atoms with van der Waals surface area (Å²) in [5.74, 6) is -0.333. The molecule has 0 atom stereocenters. The van der Waals surface area contributed by atoms with E-state index in [0.717, 1.165) is 5.56 Å². The summed E-state index contributed by atoms with van der Waals surface area (Å²) in [4.78, 5) is 5.23. The van der Waals surface area contributed by atoms with Crippen molar-refractivity contribution >= 4 is 0 Å². The van der Waals surface area contributed by atoms with Gasteiger partial charge in [-0.15, -0.1) is 0 Å². The number of rotatable bonds is 5. The van der Waals surface area contributed by atoms with Gasteiger partial charge in [0, 0.05) is 12.1 Å². The fourth-order valence-electron chi connectivity index (χ4n) is 1.53. The lowest BCUT2D eigenvalue weighted by Crippen LogP contribution is -2.14. The number of phenols is 1. The van der Waals surface area contributed by atoms with Crippen LogP contribution in [0.1, 0.15) is 11.1 Å². The van der Waals surface area contributed by atoms with E-state index in [1.807, 2.05) is 30.3 Å². The maximum Gasteiger partial charge on any atom is 0.123 e. The van der Waals surface area contributed by atoms with Crippen LogP contribution in [0.25, 0.3) is 0 Å². The Bertz CT molecular complexity index is 502. The first kappa shape index (κ1) is 12.5. The fourth-order valence-corrected chi connectivity index (χ4v) is 1.53. The number of hydroxylamine groups is 1. The number of hydrogen-bond donors (Lipinski definition) is 2. The minimum Gasteiger partial charge on any atom is -0.508 e. The smallest absolute Gasteiger partial charge is 0.123 e. The minimum atomic E-state index is -0.382. The van der Waals surface area contributed by atoms with E-state index in [-0.39, 0.29) is 18.1 Å². The van der Waals surface area contributed by atoms with E-state index in [2.05, 4.69) is 5.48 Å². The van der Waals surface area contributed by atoms with Crippen LogP contribution in [0.5, 0.6) is 5.75 Å². The van der Waals surface area contributed by atoms with Gasteiger partial charge in [0.1, 0.15) is 11.6 Å². The highest BCUT2D eigenvalue weighted by atomic mass is 19.1. The average molecular weight is 247 g/mol. The van der Waals surface area contributed by atoms with Crippen LogP contribution in [0.2, 0.25) is 0 Å². The van der Waals surface area contributed by atoms with Crippen LogP contribution in [-0.4, -0.2) is 5.11 Å². The van der Waals surface area contributed by atoms with E-state index < -0.39 is 0 Å². The normalized spacial score (nSPS) is 10.5. The molecule has 0 saturated heterocycles. The summed E-state index contributed by atoms with van der Waals surface area (Å²) in [6, 6.07) is 13.5. The van der Waals surface area contributed by atoms with Gasteiger partial charge >= 0.3 is 0 Å². The Morgan fingerprint density at radius 1 is 1.11 bits per heavy atom. The third-order valence-electron chi connectivity index (χ3n) is 2.49. The van der Waals surface area contributed by atoms with E-state index in [1.165, 1.54) is 18.2 Å². The molecule has 0 aromatic heterocycles. The second-order valence-electron chi connectivity index (χ2n) is 3.87. The van der Waals surface area contributed by atoms with Gasteiger partial charge in [0.2, 0.25) is 0 Å². The monoisotopic (exact) mass is 247 g/mol. The minimum absolute atomic E-state index is 0.0483. The van der Waals surface area contributed by atoms with Gasteiger partial charge in [0.25, 0.3) is 0 Å². The lowest BCUT2D eigenvalue weighted by molar-refractivity contribution is 0.0231. The molecule has 2 N–H and O–H groups in total. The van der Waals surface area contributed by atoms with Crippen molar-refractivity contribution in [1.29, 1.82) is 0 Å². The number of benzene rings is 2. The number of halogens is 1. The van der Waals surface area contributed by atoms with Gasteiger partial charge in [-0.05, 0) is 23.8 Å². The van der Waals surface area contributed by atoms with E-state index in [9.17, 15) is 9.50 Å². The molecule has 2 rings (SSSR count). The molecule has 3 nitrogen and oxygen atoms in total. The lowest BCUT2D eigenvalue weighted by Gasteiger charge is -2.07. The topological polar surface area (TPSA) is 41.5 Å². The zero-order chi connectivity index (χ0) is 12.8. The molecule has 2 aromatic carbocycles. The summed E-state index contributed by atoms with van der Waals surface area (Å²) in [5.41, 5.74) is 4.19. The first-order chi connectivity index (χ1) is 8.75. The highest BCUT2D eigenvalue weighted by Gasteiger charge is 2.02. The summed E-state index contributed by atoms with van der Waals surface area (Å²) in [5, 5.41) is 9.49. The van der Waals surface area contributed by atoms with Crippen LogP contribution in [0.15, 0.2) is 48.5 Å². The Morgan fingerprint density at radius 2 is 1.89 bits per heavy atom. The zero-order valence-electron chi connectivity index (χ0n) is 9.77. The molecule has 0 spiro atoms. The van der Waals surface area contributed by atoms with Gasteiger partial charge in [0.15, 0.2) is 0 Å². The van der Waals surface area contributed by atoms with Crippen molar-refractivity contribution < 1.29 is 14.3 Å².